The van der Waals surface area contributed by atoms with E-state index in [4.69, 9.17) is 11.6 Å². The topological polar surface area (TPSA) is 107 Å². The van der Waals surface area contributed by atoms with Crippen LogP contribution in [0.2, 0.25) is 5.02 Å². The van der Waals surface area contributed by atoms with Crippen LogP contribution in [0.4, 0.5) is 11.4 Å². The first-order valence-corrected chi connectivity index (χ1v) is 8.19. The predicted octanol–water partition coefficient (Wildman–Crippen LogP) is 3.11. The van der Waals surface area contributed by atoms with Gasteiger partial charge in [0.15, 0.2) is 0 Å². The van der Waals surface area contributed by atoms with Crippen molar-refractivity contribution in [3.05, 3.63) is 97.4 Å². The van der Waals surface area contributed by atoms with Gasteiger partial charge in [-0.3, -0.25) is 19.7 Å². The van der Waals surface area contributed by atoms with Crippen molar-refractivity contribution >= 4 is 28.9 Å². The molecule has 0 fully saturated rings. The van der Waals surface area contributed by atoms with E-state index in [1.54, 1.807) is 0 Å². The third-order valence-corrected chi connectivity index (χ3v) is 3.91. The summed E-state index contributed by atoms with van der Waals surface area (Å²) < 4.78 is 1.15. The molecule has 136 valence electrons. The van der Waals surface area contributed by atoms with Gasteiger partial charge in [-0.25, -0.2) is 4.68 Å². The number of anilines is 1. The van der Waals surface area contributed by atoms with Gasteiger partial charge in [0.05, 0.1) is 11.5 Å². The first-order valence-electron chi connectivity index (χ1n) is 7.81. The lowest BCUT2D eigenvalue weighted by molar-refractivity contribution is -0.383. The number of amides is 1. The molecule has 1 heterocycles. The van der Waals surface area contributed by atoms with Gasteiger partial charge in [-0.05, 0) is 23.8 Å². The summed E-state index contributed by atoms with van der Waals surface area (Å²) in [5.41, 5.74) is 0.0598. The molecule has 0 saturated carbocycles. The maximum atomic E-state index is 12.5. The third kappa shape index (κ3) is 4.36. The molecule has 0 spiro atoms. The Morgan fingerprint density at radius 3 is 2.59 bits per heavy atom. The average Bonchev–Trinajstić information content (AvgIpc) is 2.64. The first kappa shape index (κ1) is 18.3. The van der Waals surface area contributed by atoms with Crippen LogP contribution in [0, 0.1) is 10.1 Å². The summed E-state index contributed by atoms with van der Waals surface area (Å²) >= 11 is 5.85. The fourth-order valence-electron chi connectivity index (χ4n) is 2.39. The van der Waals surface area contributed by atoms with Crippen molar-refractivity contribution < 1.29 is 9.72 Å². The lowest BCUT2D eigenvalue weighted by atomic mass is 10.2. The number of carbonyl (C=O) groups is 1. The lowest BCUT2D eigenvalue weighted by Gasteiger charge is -2.08. The molecule has 3 aromatic rings. The molecule has 2 aromatic carbocycles. The van der Waals surface area contributed by atoms with Crippen LogP contribution in [0.5, 0.6) is 0 Å². The third-order valence-electron chi connectivity index (χ3n) is 3.68. The van der Waals surface area contributed by atoms with Crippen molar-refractivity contribution in [2.75, 3.05) is 5.32 Å². The lowest BCUT2D eigenvalue weighted by Crippen LogP contribution is -2.26. The van der Waals surface area contributed by atoms with E-state index in [1.165, 1.54) is 30.3 Å². The SMILES string of the molecule is O=C(Nc1cc(Cl)ccc1[N+](=O)[O-])c1ccc(=O)n(Cc2ccccc2)n1. The molecule has 27 heavy (non-hydrogen) atoms. The zero-order chi connectivity index (χ0) is 19.4. The number of hydrogen-bond acceptors (Lipinski definition) is 5. The summed E-state index contributed by atoms with van der Waals surface area (Å²) in [6.45, 7) is 0.193. The number of carbonyl (C=O) groups excluding carboxylic acids is 1. The van der Waals surface area contributed by atoms with Crippen molar-refractivity contribution in [1.29, 1.82) is 0 Å². The van der Waals surface area contributed by atoms with Crippen molar-refractivity contribution in [2.24, 2.45) is 0 Å². The number of rotatable bonds is 5. The Bertz CT molecular complexity index is 1070. The minimum absolute atomic E-state index is 0.0555. The highest BCUT2D eigenvalue weighted by Crippen LogP contribution is 2.27. The van der Waals surface area contributed by atoms with E-state index < -0.39 is 10.8 Å². The predicted molar refractivity (Wildman–Crippen MR) is 100 cm³/mol. The van der Waals surface area contributed by atoms with Gasteiger partial charge in [0.1, 0.15) is 11.4 Å². The molecule has 1 amide bonds. The Balaban J connectivity index is 1.88. The van der Waals surface area contributed by atoms with Crippen LogP contribution in [0.3, 0.4) is 0 Å². The van der Waals surface area contributed by atoms with Crippen LogP contribution in [-0.2, 0) is 6.54 Å². The van der Waals surface area contributed by atoms with Crippen LogP contribution in [0.25, 0.3) is 0 Å². The van der Waals surface area contributed by atoms with E-state index in [2.05, 4.69) is 10.4 Å². The fourth-order valence-corrected chi connectivity index (χ4v) is 2.57. The molecule has 1 aromatic heterocycles. The maximum absolute atomic E-state index is 12.5. The second-order valence-electron chi connectivity index (χ2n) is 5.57. The van der Waals surface area contributed by atoms with Gasteiger partial charge >= 0.3 is 0 Å². The Hall–Kier alpha value is -3.52. The van der Waals surface area contributed by atoms with Gasteiger partial charge in [-0.1, -0.05) is 41.9 Å². The number of nitrogens with one attached hydrogen (secondary N) is 1. The maximum Gasteiger partial charge on any atom is 0.292 e. The van der Waals surface area contributed by atoms with Gasteiger partial charge in [-0.2, -0.15) is 5.10 Å². The van der Waals surface area contributed by atoms with Gasteiger partial charge < -0.3 is 5.32 Å². The molecule has 8 nitrogen and oxygen atoms in total. The van der Waals surface area contributed by atoms with Gasteiger partial charge in [-0.15, -0.1) is 0 Å². The van der Waals surface area contributed by atoms with E-state index in [1.807, 2.05) is 30.3 Å². The molecule has 0 radical (unpaired) electrons. The summed E-state index contributed by atoms with van der Waals surface area (Å²) in [6.07, 6.45) is 0. The Kier molecular flexibility index (Phi) is 5.28. The monoisotopic (exact) mass is 384 g/mol. The molecule has 0 atom stereocenters. The molecular weight excluding hydrogens is 372 g/mol. The highest BCUT2D eigenvalue weighted by Gasteiger charge is 2.18. The van der Waals surface area contributed by atoms with Crippen LogP contribution in [0.15, 0.2) is 65.5 Å². The molecule has 0 saturated heterocycles. The molecule has 0 aliphatic carbocycles. The fraction of sp³-hybridized carbons (Fsp3) is 0.0556. The number of nitrogens with zero attached hydrogens (tertiary/aromatic N) is 3. The van der Waals surface area contributed by atoms with Crippen molar-refractivity contribution in [2.45, 2.75) is 6.54 Å². The molecule has 1 N–H and O–H groups in total. The van der Waals surface area contributed by atoms with Gasteiger partial charge in [0.2, 0.25) is 0 Å². The number of aromatic nitrogens is 2. The Labute approximate surface area is 158 Å². The van der Waals surface area contributed by atoms with E-state index in [9.17, 15) is 19.7 Å². The number of benzene rings is 2. The zero-order valence-corrected chi connectivity index (χ0v) is 14.6. The summed E-state index contributed by atoms with van der Waals surface area (Å²) in [5.74, 6) is -0.692. The van der Waals surface area contributed by atoms with Gasteiger partial charge in [0, 0.05) is 17.2 Å². The molecule has 3 rings (SSSR count). The van der Waals surface area contributed by atoms with E-state index >= 15 is 0 Å². The molecule has 9 heteroatoms. The minimum atomic E-state index is -0.692. The Morgan fingerprint density at radius 2 is 1.89 bits per heavy atom. The number of nitro benzene ring substituents is 1. The molecule has 0 aliphatic heterocycles. The number of nitro groups is 1. The largest absolute Gasteiger partial charge is 0.315 e. The molecule has 0 bridgehead atoms. The summed E-state index contributed by atoms with van der Waals surface area (Å²) in [4.78, 5) is 34.9. The van der Waals surface area contributed by atoms with Crippen LogP contribution < -0.4 is 10.9 Å². The molecular formula is C18H13ClN4O4. The van der Waals surface area contributed by atoms with Gasteiger partial charge in [0.25, 0.3) is 17.2 Å². The summed E-state index contributed by atoms with van der Waals surface area (Å²) in [5, 5.41) is 17.8. The first-order chi connectivity index (χ1) is 12.9. The van der Waals surface area contributed by atoms with E-state index in [-0.39, 0.29) is 34.2 Å². The second-order valence-corrected chi connectivity index (χ2v) is 6.01. The highest BCUT2D eigenvalue weighted by atomic mass is 35.5. The van der Waals surface area contributed by atoms with E-state index in [0.717, 1.165) is 10.2 Å². The number of hydrogen-bond donors (Lipinski definition) is 1. The second kappa shape index (κ2) is 7.79. The normalized spacial score (nSPS) is 10.4. The summed E-state index contributed by atoms with van der Waals surface area (Å²) in [7, 11) is 0. The van der Waals surface area contributed by atoms with Crippen molar-refractivity contribution in [1.82, 2.24) is 9.78 Å². The smallest absolute Gasteiger partial charge is 0.292 e. The van der Waals surface area contributed by atoms with Crippen molar-refractivity contribution in [3.8, 4) is 0 Å². The number of halogens is 1. The van der Waals surface area contributed by atoms with Crippen LogP contribution >= 0.6 is 11.6 Å². The summed E-state index contributed by atoms with van der Waals surface area (Å²) in [6, 6.07) is 15.5. The van der Waals surface area contributed by atoms with Crippen LogP contribution in [-0.4, -0.2) is 20.6 Å². The van der Waals surface area contributed by atoms with Crippen LogP contribution in [0.1, 0.15) is 16.1 Å². The quantitative estimate of drug-likeness (QED) is 0.537. The molecule has 0 aliphatic rings. The molecule has 0 unspecified atom stereocenters. The standard InChI is InChI=1S/C18H13ClN4O4/c19-13-6-8-16(23(26)27)15(10-13)20-18(25)14-7-9-17(24)22(21-14)11-12-4-2-1-3-5-12/h1-10H,11H2,(H,20,25). The van der Waals surface area contributed by atoms with Crippen molar-refractivity contribution in [3.63, 3.8) is 0 Å². The Morgan fingerprint density at radius 1 is 1.15 bits per heavy atom. The zero-order valence-electron chi connectivity index (χ0n) is 13.8. The van der Waals surface area contributed by atoms with E-state index in [0.29, 0.717) is 0 Å². The average molecular weight is 385 g/mol. The highest BCUT2D eigenvalue weighted by molar-refractivity contribution is 6.31. The minimum Gasteiger partial charge on any atom is -0.315 e.